The van der Waals surface area contributed by atoms with E-state index in [2.05, 4.69) is 6.92 Å². The fourth-order valence-corrected chi connectivity index (χ4v) is 2.86. The third-order valence-corrected chi connectivity index (χ3v) is 4.22. The van der Waals surface area contributed by atoms with Gasteiger partial charge in [-0.25, -0.2) is 0 Å². The van der Waals surface area contributed by atoms with Crippen LogP contribution < -0.4 is 0 Å². The van der Waals surface area contributed by atoms with Crippen LogP contribution in [0.4, 0.5) is 0 Å². The van der Waals surface area contributed by atoms with Gasteiger partial charge in [-0.3, -0.25) is 0 Å². The van der Waals surface area contributed by atoms with Gasteiger partial charge in [0.05, 0.1) is 12.7 Å². The first-order valence-electron chi connectivity index (χ1n) is 9.13. The molecule has 0 aromatic rings. The van der Waals surface area contributed by atoms with E-state index < -0.39 is 0 Å². The molecule has 1 aliphatic heterocycles. The molecule has 0 radical (unpaired) electrons. The minimum Gasteiger partial charge on any atom is -0.379 e. The van der Waals surface area contributed by atoms with Crippen molar-refractivity contribution in [2.45, 2.75) is 96.5 Å². The van der Waals surface area contributed by atoms with E-state index in [4.69, 9.17) is 9.47 Å². The van der Waals surface area contributed by atoms with E-state index in [0.717, 1.165) is 19.8 Å². The van der Waals surface area contributed by atoms with Crippen LogP contribution in [0.15, 0.2) is 0 Å². The van der Waals surface area contributed by atoms with Crippen molar-refractivity contribution in [2.75, 3.05) is 19.8 Å². The third-order valence-electron chi connectivity index (χ3n) is 4.22. The summed E-state index contributed by atoms with van der Waals surface area (Å²) >= 11 is 0. The van der Waals surface area contributed by atoms with Crippen LogP contribution in [0.25, 0.3) is 0 Å². The fourth-order valence-electron chi connectivity index (χ4n) is 2.86. The molecule has 2 heteroatoms. The molecule has 0 bridgehead atoms. The molecule has 1 fully saturated rings. The largest absolute Gasteiger partial charge is 0.379 e. The molecule has 1 atom stereocenters. The van der Waals surface area contributed by atoms with Crippen molar-refractivity contribution >= 4 is 0 Å². The molecule has 0 amide bonds. The highest BCUT2D eigenvalue weighted by Gasteiger charge is 2.14. The smallest absolute Gasteiger partial charge is 0.0809 e. The number of hydrogen-bond donors (Lipinski definition) is 0. The van der Waals surface area contributed by atoms with Crippen LogP contribution in [0, 0.1) is 0 Å². The zero-order valence-electron chi connectivity index (χ0n) is 13.7. The van der Waals surface area contributed by atoms with Gasteiger partial charge >= 0.3 is 0 Å². The Kier molecular flexibility index (Phi) is 12.5. The van der Waals surface area contributed by atoms with Crippen LogP contribution in [0.3, 0.4) is 0 Å². The van der Waals surface area contributed by atoms with E-state index in [-0.39, 0.29) is 0 Å². The first-order chi connectivity index (χ1) is 9.93. The van der Waals surface area contributed by atoms with E-state index in [1.54, 1.807) is 0 Å². The molecule has 2 nitrogen and oxygen atoms in total. The van der Waals surface area contributed by atoms with E-state index >= 15 is 0 Å². The summed E-state index contributed by atoms with van der Waals surface area (Å²) in [5.74, 6) is 0. The van der Waals surface area contributed by atoms with Crippen molar-refractivity contribution < 1.29 is 9.47 Å². The summed E-state index contributed by atoms with van der Waals surface area (Å²) in [6, 6.07) is 0. The lowest BCUT2D eigenvalue weighted by atomic mass is 10.1. The summed E-state index contributed by atoms with van der Waals surface area (Å²) < 4.78 is 11.2. The number of unbranched alkanes of at least 4 members (excludes halogenated alkanes) is 10. The van der Waals surface area contributed by atoms with Crippen LogP contribution in [0.1, 0.15) is 90.4 Å². The van der Waals surface area contributed by atoms with Crippen LogP contribution in [0.5, 0.6) is 0 Å². The van der Waals surface area contributed by atoms with Gasteiger partial charge in [-0.1, -0.05) is 71.1 Å². The Bertz CT molecular complexity index is 188. The molecule has 1 rings (SSSR count). The van der Waals surface area contributed by atoms with E-state index in [9.17, 15) is 0 Å². The Labute approximate surface area is 126 Å². The van der Waals surface area contributed by atoms with Crippen LogP contribution in [-0.2, 0) is 9.47 Å². The van der Waals surface area contributed by atoms with Gasteiger partial charge in [-0.2, -0.15) is 0 Å². The second kappa shape index (κ2) is 13.9. The van der Waals surface area contributed by atoms with Crippen LogP contribution >= 0.6 is 0 Å². The third kappa shape index (κ3) is 10.7. The Morgan fingerprint density at radius 3 is 2.00 bits per heavy atom. The fraction of sp³-hybridized carbons (Fsp3) is 1.00. The van der Waals surface area contributed by atoms with Gasteiger partial charge in [0, 0.05) is 13.2 Å². The molecule has 20 heavy (non-hydrogen) atoms. The summed E-state index contributed by atoms with van der Waals surface area (Å²) in [5.41, 5.74) is 0. The van der Waals surface area contributed by atoms with Crippen molar-refractivity contribution in [3.8, 4) is 0 Å². The van der Waals surface area contributed by atoms with Crippen molar-refractivity contribution in [3.05, 3.63) is 0 Å². The summed E-state index contributed by atoms with van der Waals surface area (Å²) in [6.07, 6.45) is 18.2. The molecule has 0 aromatic heterocycles. The maximum atomic E-state index is 5.68. The van der Waals surface area contributed by atoms with E-state index in [0.29, 0.717) is 6.10 Å². The predicted octanol–water partition coefficient (Wildman–Crippen LogP) is 5.49. The SMILES string of the molecule is CCCCCCCCCCCCCOCC1CCCO1. The average molecular weight is 284 g/mol. The summed E-state index contributed by atoms with van der Waals surface area (Å²) in [6.45, 7) is 4.96. The Balaban J connectivity index is 1.66. The van der Waals surface area contributed by atoms with Crippen molar-refractivity contribution in [1.82, 2.24) is 0 Å². The van der Waals surface area contributed by atoms with E-state index in [1.807, 2.05) is 0 Å². The van der Waals surface area contributed by atoms with Gasteiger partial charge in [0.15, 0.2) is 0 Å². The highest BCUT2D eigenvalue weighted by molar-refractivity contribution is 4.63. The summed E-state index contributed by atoms with van der Waals surface area (Å²) in [5, 5.41) is 0. The molecule has 0 spiro atoms. The lowest BCUT2D eigenvalue weighted by Gasteiger charge is -2.09. The maximum absolute atomic E-state index is 5.68. The van der Waals surface area contributed by atoms with Crippen LogP contribution in [0.2, 0.25) is 0 Å². The number of rotatable bonds is 14. The van der Waals surface area contributed by atoms with E-state index in [1.165, 1.54) is 83.5 Å². The summed E-state index contributed by atoms with van der Waals surface area (Å²) in [4.78, 5) is 0. The first kappa shape index (κ1) is 18.0. The lowest BCUT2D eigenvalue weighted by Crippen LogP contribution is -2.14. The highest BCUT2D eigenvalue weighted by Crippen LogP contribution is 2.13. The minimum absolute atomic E-state index is 0.391. The van der Waals surface area contributed by atoms with Gasteiger partial charge in [-0.15, -0.1) is 0 Å². The molecule has 1 aliphatic rings. The Morgan fingerprint density at radius 2 is 1.45 bits per heavy atom. The number of ether oxygens (including phenoxy) is 2. The maximum Gasteiger partial charge on any atom is 0.0809 e. The topological polar surface area (TPSA) is 18.5 Å². The van der Waals surface area contributed by atoms with Gasteiger partial charge in [0.1, 0.15) is 0 Å². The Morgan fingerprint density at radius 1 is 0.850 bits per heavy atom. The number of hydrogen-bond acceptors (Lipinski definition) is 2. The summed E-state index contributed by atoms with van der Waals surface area (Å²) in [7, 11) is 0. The normalized spacial score (nSPS) is 18.8. The van der Waals surface area contributed by atoms with Crippen molar-refractivity contribution in [3.63, 3.8) is 0 Å². The van der Waals surface area contributed by atoms with Crippen LogP contribution in [-0.4, -0.2) is 25.9 Å². The molecular formula is C18H36O2. The first-order valence-corrected chi connectivity index (χ1v) is 9.13. The molecule has 0 aliphatic carbocycles. The highest BCUT2D eigenvalue weighted by atomic mass is 16.5. The lowest BCUT2D eigenvalue weighted by molar-refractivity contribution is 0.0161. The zero-order chi connectivity index (χ0) is 14.3. The zero-order valence-corrected chi connectivity index (χ0v) is 13.7. The Hall–Kier alpha value is -0.0800. The van der Waals surface area contributed by atoms with Crippen molar-refractivity contribution in [1.29, 1.82) is 0 Å². The standard InChI is InChI=1S/C18H36O2/c1-2-3-4-5-6-7-8-9-10-11-12-15-19-17-18-14-13-16-20-18/h18H,2-17H2,1H3. The molecular weight excluding hydrogens is 248 g/mol. The molecule has 0 saturated carbocycles. The van der Waals surface area contributed by atoms with Crippen molar-refractivity contribution in [2.24, 2.45) is 0 Å². The molecule has 0 N–H and O–H groups in total. The van der Waals surface area contributed by atoms with Gasteiger partial charge in [-0.05, 0) is 19.3 Å². The van der Waals surface area contributed by atoms with Gasteiger partial charge < -0.3 is 9.47 Å². The average Bonchev–Trinajstić information content (AvgIpc) is 2.97. The van der Waals surface area contributed by atoms with Gasteiger partial charge in [0.25, 0.3) is 0 Å². The molecule has 1 heterocycles. The molecule has 1 unspecified atom stereocenters. The second-order valence-electron chi connectivity index (χ2n) is 6.25. The second-order valence-corrected chi connectivity index (χ2v) is 6.25. The molecule has 0 aromatic carbocycles. The van der Waals surface area contributed by atoms with Gasteiger partial charge in [0.2, 0.25) is 0 Å². The monoisotopic (exact) mass is 284 g/mol. The molecule has 120 valence electrons. The minimum atomic E-state index is 0.391. The predicted molar refractivity (Wildman–Crippen MR) is 86.3 cm³/mol. The molecule has 1 saturated heterocycles. The quantitative estimate of drug-likeness (QED) is 0.392.